The first-order valence-corrected chi connectivity index (χ1v) is 5.97. The number of rotatable bonds is 6. The van der Waals surface area contributed by atoms with Crippen molar-refractivity contribution in [1.29, 1.82) is 0 Å². The molecule has 0 spiro atoms. The third-order valence-corrected chi connectivity index (χ3v) is 2.90. The van der Waals surface area contributed by atoms with Crippen LogP contribution in [0.15, 0.2) is 0 Å². The Morgan fingerprint density at radius 2 is 0.655 bits per heavy atom. The van der Waals surface area contributed by atoms with Crippen LogP contribution >= 0.6 is 0 Å². The molecule has 2 unspecified atom stereocenters. The van der Waals surface area contributed by atoms with E-state index in [-0.39, 0.29) is 0 Å². The van der Waals surface area contributed by atoms with Crippen LogP contribution in [-0.2, 0) is 0 Å². The molecule has 0 aliphatic carbocycles. The molecule has 0 saturated heterocycles. The van der Waals surface area contributed by atoms with Gasteiger partial charge in [0.05, 0.1) is 0 Å². The fourth-order valence-electron chi connectivity index (χ4n) is 1.35. The third kappa shape index (κ3) is 4.39. The fraction of sp³-hybridized carbons (Fsp3) is 1.00. The molecule has 0 rings (SSSR count). The Labute approximate surface area is 145 Å². The molecule has 0 heterocycles. The van der Waals surface area contributed by atoms with Crippen LogP contribution in [0.5, 0.6) is 0 Å². The van der Waals surface area contributed by atoms with Crippen molar-refractivity contribution in [1.82, 2.24) is 4.90 Å². The Morgan fingerprint density at radius 1 is 0.414 bits per heavy atom. The zero-order chi connectivity index (χ0) is 24.2. The highest BCUT2D eigenvalue weighted by Gasteiger charge is 2.82. The monoisotopic (exact) mass is 485 g/mol. The summed E-state index contributed by atoms with van der Waals surface area (Å²) in [6.45, 7) is 0. The van der Waals surface area contributed by atoms with Gasteiger partial charge in [0.2, 0.25) is 12.6 Å². The first kappa shape index (κ1) is 27.6. The van der Waals surface area contributed by atoms with Gasteiger partial charge in [-0.3, -0.25) is 0 Å². The lowest BCUT2D eigenvalue weighted by molar-refractivity contribution is -0.443. The second-order valence-corrected chi connectivity index (χ2v) is 4.93. The Bertz CT molecular complexity index is 534. The van der Waals surface area contributed by atoms with Crippen molar-refractivity contribution in [2.75, 3.05) is 0 Å². The van der Waals surface area contributed by atoms with Crippen molar-refractivity contribution in [3.05, 3.63) is 0 Å². The molecule has 0 aliphatic heterocycles. The second-order valence-electron chi connectivity index (χ2n) is 4.93. The van der Waals surface area contributed by atoms with Gasteiger partial charge in [0.15, 0.2) is 0 Å². The van der Waals surface area contributed by atoms with Crippen molar-refractivity contribution >= 4 is 0 Å². The van der Waals surface area contributed by atoms with Crippen molar-refractivity contribution in [2.45, 2.75) is 54.9 Å². The Balaban J connectivity index is 6.90. The van der Waals surface area contributed by atoms with Gasteiger partial charge in [-0.2, -0.15) is 79.5 Å². The normalized spacial score (nSPS) is 18.2. The number of alkyl halides is 19. The minimum Gasteiger partial charge on any atom is -0.223 e. The lowest BCUT2D eigenvalue weighted by atomic mass is 10.1. The van der Waals surface area contributed by atoms with Crippen molar-refractivity contribution in [3.63, 3.8) is 0 Å². The van der Waals surface area contributed by atoms with Gasteiger partial charge >= 0.3 is 42.3 Å². The van der Waals surface area contributed by atoms with E-state index >= 15 is 0 Å². The van der Waals surface area contributed by atoms with E-state index in [2.05, 4.69) is 0 Å². The number of nitrogens with zero attached hydrogens (tertiary/aromatic N) is 1. The summed E-state index contributed by atoms with van der Waals surface area (Å²) in [6, 6.07) is -8.15. The standard InChI is InChI=1S/C9H2F19N/c10-1(3(12,13)6(18,19)20)29(2(11)4(14,15)7(21,22)23)9(27,28)5(16,17)8(24,25)26/h1-2H. The predicted molar refractivity (Wildman–Crippen MR) is 49.6 cm³/mol. The van der Waals surface area contributed by atoms with Gasteiger partial charge in [-0.05, 0) is 0 Å². The summed E-state index contributed by atoms with van der Waals surface area (Å²) in [6.07, 6.45) is -36.1. The highest BCUT2D eigenvalue weighted by atomic mass is 19.4. The van der Waals surface area contributed by atoms with E-state index in [1.165, 1.54) is 0 Å². The summed E-state index contributed by atoms with van der Waals surface area (Å²) in [5.74, 6) is -23.3. The van der Waals surface area contributed by atoms with Crippen molar-refractivity contribution in [2.24, 2.45) is 0 Å². The summed E-state index contributed by atoms with van der Waals surface area (Å²) in [4.78, 5) is -4.17. The van der Waals surface area contributed by atoms with Gasteiger partial charge in [0.1, 0.15) is 0 Å². The molecule has 1 nitrogen and oxygen atoms in total. The van der Waals surface area contributed by atoms with Crippen LogP contribution in [0.25, 0.3) is 0 Å². The number of hydrogen-bond acceptors (Lipinski definition) is 1. The van der Waals surface area contributed by atoms with Gasteiger partial charge in [-0.25, -0.2) is 8.78 Å². The molecule has 0 bridgehead atoms. The van der Waals surface area contributed by atoms with E-state index in [1.54, 1.807) is 0 Å². The maximum atomic E-state index is 13.3. The molecule has 0 aliphatic rings. The minimum atomic E-state index is -8.15. The van der Waals surface area contributed by atoms with Crippen molar-refractivity contribution in [3.8, 4) is 0 Å². The molecule has 0 aromatic rings. The van der Waals surface area contributed by atoms with Crippen LogP contribution in [0, 0.1) is 0 Å². The zero-order valence-corrected chi connectivity index (χ0v) is 12.3. The highest BCUT2D eigenvalue weighted by Crippen LogP contribution is 2.54. The average Bonchev–Trinajstić information content (AvgIpc) is 2.42. The molecule has 29 heavy (non-hydrogen) atoms. The van der Waals surface area contributed by atoms with E-state index in [1.807, 2.05) is 0 Å². The molecule has 0 amide bonds. The Morgan fingerprint density at radius 3 is 0.828 bits per heavy atom. The lowest BCUT2D eigenvalue weighted by Crippen LogP contribution is -2.71. The molecule has 2 atom stereocenters. The third-order valence-electron chi connectivity index (χ3n) is 2.90. The highest BCUT2D eigenvalue weighted by molar-refractivity contribution is 5.00. The fourth-order valence-corrected chi connectivity index (χ4v) is 1.35. The van der Waals surface area contributed by atoms with Crippen LogP contribution in [0.4, 0.5) is 83.4 Å². The first-order valence-electron chi connectivity index (χ1n) is 5.97. The summed E-state index contributed by atoms with van der Waals surface area (Å²) in [7, 11) is 0. The van der Waals surface area contributed by atoms with Gasteiger partial charge in [0, 0.05) is 0 Å². The molecule has 0 N–H and O–H groups in total. The number of halogens is 19. The minimum absolute atomic E-state index is 4.17. The van der Waals surface area contributed by atoms with Crippen LogP contribution in [0.3, 0.4) is 0 Å². The van der Waals surface area contributed by atoms with Gasteiger partial charge < -0.3 is 0 Å². The van der Waals surface area contributed by atoms with Crippen LogP contribution in [-0.4, -0.2) is 59.8 Å². The van der Waals surface area contributed by atoms with E-state index in [4.69, 9.17) is 0 Å². The van der Waals surface area contributed by atoms with Gasteiger partial charge in [-0.15, -0.1) is 0 Å². The summed E-state index contributed by atoms with van der Waals surface area (Å²) in [5.41, 5.74) is 0. The molecule has 0 saturated carbocycles. The van der Waals surface area contributed by atoms with E-state index < -0.39 is 59.8 Å². The molecule has 0 fully saturated rings. The van der Waals surface area contributed by atoms with Gasteiger partial charge in [0.25, 0.3) is 0 Å². The molecule has 20 heteroatoms. The molecule has 0 radical (unpaired) electrons. The maximum Gasteiger partial charge on any atom is 0.461 e. The van der Waals surface area contributed by atoms with E-state index in [9.17, 15) is 83.4 Å². The zero-order valence-electron chi connectivity index (χ0n) is 12.3. The van der Waals surface area contributed by atoms with Gasteiger partial charge in [-0.1, -0.05) is 0 Å². The lowest BCUT2D eigenvalue weighted by Gasteiger charge is -2.43. The van der Waals surface area contributed by atoms with E-state index in [0.29, 0.717) is 0 Å². The second kappa shape index (κ2) is 7.10. The SMILES string of the molecule is FC(N(C(F)C(F)(F)C(F)(F)F)C(F)(F)C(F)(F)C(F)(F)F)C(F)(F)C(F)(F)F. The topological polar surface area (TPSA) is 3.24 Å². The van der Waals surface area contributed by atoms with Crippen LogP contribution in [0.1, 0.15) is 0 Å². The molecular formula is C9H2F19N. The summed E-state index contributed by atoms with van der Waals surface area (Å²) in [5, 5.41) is 0. The number of hydrogen-bond donors (Lipinski definition) is 0. The maximum absolute atomic E-state index is 13.3. The molecule has 0 aromatic heterocycles. The molecular weight excluding hydrogens is 483 g/mol. The molecule has 0 aromatic carbocycles. The largest absolute Gasteiger partial charge is 0.461 e. The van der Waals surface area contributed by atoms with Crippen molar-refractivity contribution < 1.29 is 83.4 Å². The Kier molecular flexibility index (Phi) is 6.77. The Hall–Kier alpha value is -1.37. The summed E-state index contributed by atoms with van der Waals surface area (Å²) < 4.78 is 237. The van der Waals surface area contributed by atoms with E-state index in [0.717, 1.165) is 0 Å². The first-order chi connectivity index (χ1) is 12.2. The van der Waals surface area contributed by atoms with Crippen LogP contribution in [0.2, 0.25) is 0 Å². The molecule has 176 valence electrons. The quantitative estimate of drug-likeness (QED) is 0.327. The average molecular weight is 485 g/mol. The summed E-state index contributed by atoms with van der Waals surface area (Å²) >= 11 is 0. The predicted octanol–water partition coefficient (Wildman–Crippen LogP) is 6.07. The van der Waals surface area contributed by atoms with Crippen LogP contribution < -0.4 is 0 Å². The smallest absolute Gasteiger partial charge is 0.223 e.